The maximum atomic E-state index is 14.5. The lowest BCUT2D eigenvalue weighted by Crippen LogP contribution is -2.35. The summed E-state index contributed by atoms with van der Waals surface area (Å²) in [6.45, 7) is 0. The van der Waals surface area contributed by atoms with Gasteiger partial charge in [0.15, 0.2) is 22.4 Å². The van der Waals surface area contributed by atoms with Crippen molar-refractivity contribution in [1.29, 1.82) is 0 Å². The summed E-state index contributed by atoms with van der Waals surface area (Å²) in [6.07, 6.45) is 4.44. The molecule has 0 aliphatic rings. The minimum absolute atomic E-state index is 0.00260. The van der Waals surface area contributed by atoms with Gasteiger partial charge in [-0.2, -0.15) is 0 Å². The smallest absolute Gasteiger partial charge is 0.230 e. The van der Waals surface area contributed by atoms with Gasteiger partial charge in [0.2, 0.25) is 5.91 Å². The first-order chi connectivity index (χ1) is 14.9. The van der Waals surface area contributed by atoms with Crippen molar-refractivity contribution in [3.8, 4) is 11.5 Å². The molecule has 6 nitrogen and oxygen atoms in total. The Morgan fingerprint density at radius 1 is 1.13 bits per heavy atom. The highest BCUT2D eigenvalue weighted by molar-refractivity contribution is 7.80. The third kappa shape index (κ3) is 6.31. The molecular formula is C22H18F2N4O2S. The van der Waals surface area contributed by atoms with Gasteiger partial charge in [0.05, 0.1) is 6.42 Å². The van der Waals surface area contributed by atoms with Crippen LogP contribution in [0.2, 0.25) is 0 Å². The molecule has 158 valence electrons. The van der Waals surface area contributed by atoms with Gasteiger partial charge in [0.25, 0.3) is 0 Å². The summed E-state index contributed by atoms with van der Waals surface area (Å²) >= 11 is 5.09. The quantitative estimate of drug-likeness (QED) is 0.500. The average Bonchev–Trinajstić information content (AvgIpc) is 2.73. The Hall–Kier alpha value is -3.85. The van der Waals surface area contributed by atoms with Crippen molar-refractivity contribution in [2.75, 3.05) is 5.32 Å². The van der Waals surface area contributed by atoms with E-state index in [2.05, 4.69) is 15.6 Å². The fourth-order valence-corrected chi connectivity index (χ4v) is 2.84. The van der Waals surface area contributed by atoms with E-state index in [-0.39, 0.29) is 29.0 Å². The van der Waals surface area contributed by atoms with E-state index in [9.17, 15) is 13.6 Å². The van der Waals surface area contributed by atoms with Crippen molar-refractivity contribution in [2.24, 2.45) is 5.73 Å². The van der Waals surface area contributed by atoms with E-state index in [1.54, 1.807) is 24.4 Å². The van der Waals surface area contributed by atoms with E-state index in [1.165, 1.54) is 48.7 Å². The number of nitrogens with zero attached hydrogens (tertiary/aromatic N) is 1. The van der Waals surface area contributed by atoms with Gasteiger partial charge in [-0.25, -0.2) is 8.78 Å². The number of amides is 1. The highest BCUT2D eigenvalue weighted by Crippen LogP contribution is 2.28. The number of carbonyl (C=O) groups excluding carboxylic acids is 1. The summed E-state index contributed by atoms with van der Waals surface area (Å²) in [5, 5.41) is 5.23. The van der Waals surface area contributed by atoms with Gasteiger partial charge >= 0.3 is 0 Å². The number of aromatic nitrogens is 1. The van der Waals surface area contributed by atoms with Gasteiger partial charge in [0, 0.05) is 18.0 Å². The fraction of sp³-hybridized carbons (Fsp3) is 0.0455. The van der Waals surface area contributed by atoms with Gasteiger partial charge in [-0.15, -0.1) is 0 Å². The summed E-state index contributed by atoms with van der Waals surface area (Å²) in [4.78, 5) is 16.2. The van der Waals surface area contributed by atoms with Crippen LogP contribution in [0.3, 0.4) is 0 Å². The van der Waals surface area contributed by atoms with Crippen LogP contribution >= 0.6 is 12.2 Å². The molecule has 0 aliphatic heterocycles. The molecule has 2 aromatic carbocycles. The maximum Gasteiger partial charge on any atom is 0.230 e. The Morgan fingerprint density at radius 2 is 1.90 bits per heavy atom. The number of benzene rings is 2. The largest absolute Gasteiger partial charge is 0.452 e. The number of thiocarbonyl (C=S) groups is 1. The van der Waals surface area contributed by atoms with Crippen LogP contribution in [0.4, 0.5) is 14.5 Å². The standard InChI is InChI=1S/C22H18F2N4O2S/c23-15-5-3-14(4-6-15)12-21(29)28-22(31)27-16-7-8-19(17(24)13-16)30-20-2-1-11-26-18(20)9-10-25/h1-11,13H,12,25H2,(H2,27,28,29,31). The van der Waals surface area contributed by atoms with Crippen LogP contribution in [0.25, 0.3) is 6.08 Å². The first kappa shape index (κ1) is 21.8. The third-order valence-corrected chi connectivity index (χ3v) is 4.20. The topological polar surface area (TPSA) is 89.3 Å². The monoisotopic (exact) mass is 440 g/mol. The van der Waals surface area contributed by atoms with Crippen LogP contribution in [-0.4, -0.2) is 16.0 Å². The molecule has 0 atom stereocenters. The molecule has 0 aliphatic carbocycles. The molecule has 3 aromatic rings. The SMILES string of the molecule is NC=Cc1ncccc1Oc1ccc(NC(=S)NC(=O)Cc2ccc(F)cc2)cc1F. The van der Waals surface area contributed by atoms with Crippen LogP contribution in [0.5, 0.6) is 11.5 Å². The van der Waals surface area contributed by atoms with E-state index in [4.69, 9.17) is 22.7 Å². The molecule has 0 saturated heterocycles. The molecule has 31 heavy (non-hydrogen) atoms. The van der Waals surface area contributed by atoms with Crippen molar-refractivity contribution < 1.29 is 18.3 Å². The lowest BCUT2D eigenvalue weighted by atomic mass is 10.1. The summed E-state index contributed by atoms with van der Waals surface area (Å²) < 4.78 is 33.0. The zero-order valence-corrected chi connectivity index (χ0v) is 17.0. The average molecular weight is 440 g/mol. The summed E-state index contributed by atoms with van der Waals surface area (Å²) in [6, 6.07) is 13.0. The minimum Gasteiger partial charge on any atom is -0.452 e. The number of ether oxygens (including phenoxy) is 1. The second kappa shape index (κ2) is 10.3. The first-order valence-electron chi connectivity index (χ1n) is 9.10. The van der Waals surface area contributed by atoms with Gasteiger partial charge < -0.3 is 21.1 Å². The summed E-state index contributed by atoms with van der Waals surface area (Å²) in [7, 11) is 0. The maximum absolute atomic E-state index is 14.5. The van der Waals surface area contributed by atoms with E-state index in [0.717, 1.165) is 0 Å². The van der Waals surface area contributed by atoms with Gasteiger partial charge in [0.1, 0.15) is 11.5 Å². The molecule has 3 rings (SSSR count). The summed E-state index contributed by atoms with van der Waals surface area (Å²) in [5.41, 5.74) is 6.80. The van der Waals surface area contributed by atoms with Gasteiger partial charge in [-0.05, 0) is 66.5 Å². The van der Waals surface area contributed by atoms with E-state index in [0.29, 0.717) is 22.7 Å². The molecule has 0 fully saturated rings. The van der Waals surface area contributed by atoms with Crippen LogP contribution < -0.4 is 21.1 Å². The molecule has 1 aromatic heterocycles. The predicted octanol–water partition coefficient (Wildman–Crippen LogP) is 4.14. The molecule has 0 saturated carbocycles. The highest BCUT2D eigenvalue weighted by atomic mass is 32.1. The molecule has 0 spiro atoms. The number of pyridine rings is 1. The summed E-state index contributed by atoms with van der Waals surface area (Å²) in [5.74, 6) is -1.09. The molecule has 4 N–H and O–H groups in total. The second-order valence-corrected chi connectivity index (χ2v) is 6.71. The number of nitrogens with two attached hydrogens (primary N) is 1. The van der Waals surface area contributed by atoms with Crippen molar-refractivity contribution in [1.82, 2.24) is 10.3 Å². The molecule has 1 amide bonds. The Labute approximate surface area is 182 Å². The molecule has 0 unspecified atom stereocenters. The van der Waals surface area contributed by atoms with Crippen molar-refractivity contribution in [2.45, 2.75) is 6.42 Å². The van der Waals surface area contributed by atoms with Crippen LogP contribution in [0, 0.1) is 11.6 Å². The van der Waals surface area contributed by atoms with E-state index in [1.807, 2.05) is 0 Å². The van der Waals surface area contributed by atoms with E-state index >= 15 is 0 Å². The zero-order chi connectivity index (χ0) is 22.2. The number of rotatable bonds is 6. The highest BCUT2D eigenvalue weighted by Gasteiger charge is 2.11. The van der Waals surface area contributed by atoms with Gasteiger partial charge in [-0.3, -0.25) is 9.78 Å². The van der Waals surface area contributed by atoms with Crippen LogP contribution in [-0.2, 0) is 11.2 Å². The molecular weight excluding hydrogens is 422 g/mol. The number of carbonyl (C=O) groups is 1. The Bertz CT molecular complexity index is 1120. The van der Waals surface area contributed by atoms with Crippen LogP contribution in [0.15, 0.2) is 67.0 Å². The molecule has 0 bridgehead atoms. The minimum atomic E-state index is -0.642. The first-order valence-corrected chi connectivity index (χ1v) is 9.51. The predicted molar refractivity (Wildman–Crippen MR) is 118 cm³/mol. The zero-order valence-electron chi connectivity index (χ0n) is 16.1. The van der Waals surface area contributed by atoms with Gasteiger partial charge in [-0.1, -0.05) is 12.1 Å². The van der Waals surface area contributed by atoms with Crippen molar-refractivity contribution in [3.63, 3.8) is 0 Å². The number of hydrogen-bond acceptors (Lipinski definition) is 5. The van der Waals surface area contributed by atoms with Crippen molar-refractivity contribution >= 4 is 35.0 Å². The Morgan fingerprint density at radius 3 is 2.61 bits per heavy atom. The second-order valence-electron chi connectivity index (χ2n) is 6.30. The molecule has 1 heterocycles. The number of halogens is 2. The Kier molecular flexibility index (Phi) is 7.23. The lowest BCUT2D eigenvalue weighted by molar-refractivity contribution is -0.119. The van der Waals surface area contributed by atoms with Crippen LogP contribution in [0.1, 0.15) is 11.3 Å². The van der Waals surface area contributed by atoms with E-state index < -0.39 is 5.82 Å². The molecule has 0 radical (unpaired) electrons. The fourth-order valence-electron chi connectivity index (χ4n) is 2.61. The normalized spacial score (nSPS) is 10.6. The number of nitrogens with one attached hydrogen (secondary N) is 2. The number of anilines is 1. The van der Waals surface area contributed by atoms with Crippen molar-refractivity contribution in [3.05, 3.63) is 89.9 Å². The Balaban J connectivity index is 1.60. The lowest BCUT2D eigenvalue weighted by Gasteiger charge is -2.12. The number of hydrogen-bond donors (Lipinski definition) is 3. The third-order valence-electron chi connectivity index (χ3n) is 3.99. The molecule has 9 heteroatoms.